The molecule has 0 aromatic heterocycles. The van der Waals surface area contributed by atoms with Crippen LogP contribution in [0.1, 0.15) is 19.8 Å². The Kier molecular flexibility index (Phi) is 10.1. The van der Waals surface area contributed by atoms with Crippen LogP contribution in [0.15, 0.2) is 0 Å². The van der Waals surface area contributed by atoms with Crippen LogP contribution in [0.2, 0.25) is 0 Å². The lowest BCUT2D eigenvalue weighted by Crippen LogP contribution is -2.33. The Hall–Kier alpha value is -0.260. The van der Waals surface area contributed by atoms with Crippen LogP contribution in [0.5, 0.6) is 0 Å². The summed E-state index contributed by atoms with van der Waals surface area (Å²) in [6.07, 6.45) is 3.62. The Morgan fingerprint density at radius 1 is 1.40 bits per heavy atom. The highest BCUT2D eigenvalue weighted by molar-refractivity contribution is 7.98. The van der Waals surface area contributed by atoms with Crippen molar-refractivity contribution in [1.29, 1.82) is 0 Å². The number of hydrogen-bond donors (Lipinski definition) is 1. The van der Waals surface area contributed by atoms with Crippen LogP contribution in [-0.2, 0) is 14.3 Å². The van der Waals surface area contributed by atoms with Crippen molar-refractivity contribution >= 4 is 17.7 Å². The van der Waals surface area contributed by atoms with Crippen LogP contribution in [0.3, 0.4) is 0 Å². The molecule has 0 aromatic carbocycles. The summed E-state index contributed by atoms with van der Waals surface area (Å²) in [4.78, 5) is 11.3. The van der Waals surface area contributed by atoms with Crippen LogP contribution in [0.4, 0.5) is 0 Å². The Morgan fingerprint density at radius 2 is 2.13 bits per heavy atom. The highest BCUT2D eigenvalue weighted by Gasteiger charge is 2.13. The van der Waals surface area contributed by atoms with Crippen LogP contribution >= 0.6 is 11.8 Å². The maximum Gasteiger partial charge on any atom is 0.323 e. The Balaban J connectivity index is 3.38. The average Bonchev–Trinajstić information content (AvgIpc) is 2.25. The first-order chi connectivity index (χ1) is 7.22. The van der Waals surface area contributed by atoms with Gasteiger partial charge in [-0.2, -0.15) is 11.8 Å². The van der Waals surface area contributed by atoms with E-state index in [0.717, 1.165) is 12.2 Å². The highest BCUT2D eigenvalue weighted by atomic mass is 32.2. The zero-order valence-corrected chi connectivity index (χ0v) is 10.3. The molecule has 0 aliphatic heterocycles. The first kappa shape index (κ1) is 14.7. The normalized spacial score (nSPS) is 12.5. The van der Waals surface area contributed by atoms with Gasteiger partial charge in [-0.15, -0.1) is 0 Å². The summed E-state index contributed by atoms with van der Waals surface area (Å²) in [7, 11) is 0. The third kappa shape index (κ3) is 8.72. The lowest BCUT2D eigenvalue weighted by atomic mass is 10.2. The van der Waals surface area contributed by atoms with Crippen molar-refractivity contribution < 1.29 is 14.3 Å². The van der Waals surface area contributed by atoms with Crippen molar-refractivity contribution in [3.8, 4) is 0 Å². The van der Waals surface area contributed by atoms with Crippen LogP contribution < -0.4 is 5.73 Å². The smallest absolute Gasteiger partial charge is 0.323 e. The third-order valence-corrected chi connectivity index (χ3v) is 2.40. The van der Waals surface area contributed by atoms with Crippen molar-refractivity contribution in [2.24, 2.45) is 5.73 Å². The van der Waals surface area contributed by atoms with Gasteiger partial charge in [-0.25, -0.2) is 0 Å². The zero-order chi connectivity index (χ0) is 11.5. The second-order valence-electron chi connectivity index (χ2n) is 3.17. The Morgan fingerprint density at radius 3 is 2.73 bits per heavy atom. The second kappa shape index (κ2) is 10.3. The number of esters is 1. The van der Waals surface area contributed by atoms with E-state index in [4.69, 9.17) is 15.2 Å². The van der Waals surface area contributed by atoms with Crippen molar-refractivity contribution in [2.75, 3.05) is 31.8 Å². The molecular formula is C10H21NO3S. The molecule has 0 spiro atoms. The quantitative estimate of drug-likeness (QED) is 0.478. The lowest BCUT2D eigenvalue weighted by molar-refractivity contribution is -0.146. The average molecular weight is 235 g/mol. The highest BCUT2D eigenvalue weighted by Crippen LogP contribution is 2.00. The standard InChI is InChI=1S/C10H21NO3S/c1-3-5-13-6-7-14-10(12)9(11)4-8-15-2/h9H,3-8,11H2,1-2H3. The molecule has 0 heterocycles. The van der Waals surface area contributed by atoms with Gasteiger partial charge in [0.2, 0.25) is 0 Å². The summed E-state index contributed by atoms with van der Waals surface area (Å²) < 4.78 is 10.1. The third-order valence-electron chi connectivity index (χ3n) is 1.76. The van der Waals surface area contributed by atoms with E-state index in [-0.39, 0.29) is 5.97 Å². The fourth-order valence-corrected chi connectivity index (χ4v) is 1.41. The second-order valence-corrected chi connectivity index (χ2v) is 4.15. The minimum absolute atomic E-state index is 0.297. The van der Waals surface area contributed by atoms with Crippen molar-refractivity contribution in [1.82, 2.24) is 0 Å². The molecule has 5 heteroatoms. The predicted octanol–water partition coefficient (Wildman–Crippen LogP) is 1.04. The van der Waals surface area contributed by atoms with Gasteiger partial charge in [0, 0.05) is 6.61 Å². The van der Waals surface area contributed by atoms with Crippen LogP contribution in [-0.4, -0.2) is 43.8 Å². The fourth-order valence-electron chi connectivity index (χ4n) is 0.917. The number of thioether (sulfide) groups is 1. The number of ether oxygens (including phenoxy) is 2. The Bertz CT molecular complexity index is 167. The molecule has 15 heavy (non-hydrogen) atoms. The molecule has 1 atom stereocenters. The Labute approximate surface area is 95.9 Å². The van der Waals surface area contributed by atoms with Crippen molar-refractivity contribution in [3.63, 3.8) is 0 Å². The van der Waals surface area contributed by atoms with Crippen molar-refractivity contribution in [3.05, 3.63) is 0 Å². The molecule has 0 saturated carbocycles. The van der Waals surface area contributed by atoms with E-state index < -0.39 is 6.04 Å². The molecule has 0 fully saturated rings. The van der Waals surface area contributed by atoms with E-state index in [1.54, 1.807) is 11.8 Å². The number of carbonyl (C=O) groups excluding carboxylic acids is 1. The summed E-state index contributed by atoms with van der Waals surface area (Å²) in [5.74, 6) is 0.548. The van der Waals surface area contributed by atoms with Gasteiger partial charge in [0.15, 0.2) is 0 Å². The molecule has 0 aromatic rings. The minimum Gasteiger partial charge on any atom is -0.462 e. The largest absolute Gasteiger partial charge is 0.462 e. The first-order valence-corrected chi connectivity index (χ1v) is 6.60. The molecule has 0 aliphatic carbocycles. The van der Waals surface area contributed by atoms with Crippen LogP contribution in [0, 0.1) is 0 Å². The van der Waals surface area contributed by atoms with Gasteiger partial charge in [0.1, 0.15) is 12.6 Å². The van der Waals surface area contributed by atoms with Gasteiger partial charge in [-0.3, -0.25) is 4.79 Å². The summed E-state index contributed by atoms with van der Waals surface area (Å²) >= 11 is 1.67. The van der Waals surface area contributed by atoms with Gasteiger partial charge in [0.05, 0.1) is 6.61 Å². The molecule has 1 unspecified atom stereocenters. The van der Waals surface area contributed by atoms with E-state index >= 15 is 0 Å². The van der Waals surface area contributed by atoms with E-state index in [2.05, 4.69) is 0 Å². The molecule has 2 N–H and O–H groups in total. The molecule has 0 radical (unpaired) electrons. The molecular weight excluding hydrogens is 214 g/mol. The summed E-state index contributed by atoms with van der Waals surface area (Å²) in [6, 6.07) is -0.497. The van der Waals surface area contributed by atoms with Gasteiger partial charge in [0.25, 0.3) is 0 Å². The van der Waals surface area contributed by atoms with Gasteiger partial charge in [-0.05, 0) is 24.9 Å². The zero-order valence-electron chi connectivity index (χ0n) is 9.53. The molecule has 0 saturated heterocycles. The lowest BCUT2D eigenvalue weighted by Gasteiger charge is -2.10. The predicted molar refractivity (Wildman–Crippen MR) is 63.0 cm³/mol. The molecule has 0 aliphatic rings. The topological polar surface area (TPSA) is 61.5 Å². The number of rotatable bonds is 9. The molecule has 90 valence electrons. The van der Waals surface area contributed by atoms with Gasteiger partial charge >= 0.3 is 5.97 Å². The number of nitrogens with two attached hydrogens (primary N) is 1. The fraction of sp³-hybridized carbons (Fsp3) is 0.900. The van der Waals surface area contributed by atoms with E-state index in [1.807, 2.05) is 13.2 Å². The minimum atomic E-state index is -0.497. The maximum absolute atomic E-state index is 11.3. The molecule has 0 bridgehead atoms. The van der Waals surface area contributed by atoms with E-state index in [9.17, 15) is 4.79 Å². The summed E-state index contributed by atoms with van der Waals surface area (Å²) in [5.41, 5.74) is 5.62. The molecule has 0 amide bonds. The maximum atomic E-state index is 11.3. The van der Waals surface area contributed by atoms with Gasteiger partial charge in [-0.1, -0.05) is 6.92 Å². The van der Waals surface area contributed by atoms with E-state index in [0.29, 0.717) is 26.2 Å². The summed E-state index contributed by atoms with van der Waals surface area (Å²) in [6.45, 7) is 3.49. The molecule has 4 nitrogen and oxygen atoms in total. The SMILES string of the molecule is CCCOCCOC(=O)C(N)CCSC. The van der Waals surface area contributed by atoms with Crippen molar-refractivity contribution in [2.45, 2.75) is 25.8 Å². The van der Waals surface area contributed by atoms with Crippen LogP contribution in [0.25, 0.3) is 0 Å². The monoisotopic (exact) mass is 235 g/mol. The number of hydrogen-bond acceptors (Lipinski definition) is 5. The number of carbonyl (C=O) groups is 1. The first-order valence-electron chi connectivity index (χ1n) is 5.21. The van der Waals surface area contributed by atoms with E-state index in [1.165, 1.54) is 0 Å². The summed E-state index contributed by atoms with van der Waals surface area (Å²) in [5, 5.41) is 0. The molecule has 0 rings (SSSR count). The van der Waals surface area contributed by atoms with Gasteiger partial charge < -0.3 is 15.2 Å².